The highest BCUT2D eigenvalue weighted by Crippen LogP contribution is 2.64. The first kappa shape index (κ1) is 23.1. The topological polar surface area (TPSA) is 106 Å². The Kier molecular flexibility index (Phi) is 5.08. The number of halogens is 4. The van der Waals surface area contributed by atoms with Crippen molar-refractivity contribution in [2.24, 2.45) is 5.92 Å². The second-order valence-electron chi connectivity index (χ2n) is 8.21. The lowest BCUT2D eigenvalue weighted by molar-refractivity contribution is -0.274. The first-order valence-electron chi connectivity index (χ1n) is 10.2. The molecule has 5 rings (SSSR count). The largest absolute Gasteiger partial charge is 0.573 e. The molecule has 1 aromatic heterocycles. The number of ether oxygens (including phenoxy) is 2. The molecule has 0 amide bonds. The number of carboxylic acids is 1. The fourth-order valence-electron chi connectivity index (χ4n) is 5.05. The van der Waals surface area contributed by atoms with Gasteiger partial charge in [-0.2, -0.15) is 0 Å². The summed E-state index contributed by atoms with van der Waals surface area (Å²) in [6.07, 6.45) is -3.78. The molecule has 4 atom stereocenters. The van der Waals surface area contributed by atoms with Crippen LogP contribution in [0.3, 0.4) is 0 Å². The second kappa shape index (κ2) is 7.69. The molecule has 180 valence electrons. The van der Waals surface area contributed by atoms with Crippen LogP contribution in [0.25, 0.3) is 0 Å². The number of carbonyl (C=O) groups excluding carboxylic acids is 1. The van der Waals surface area contributed by atoms with Crippen LogP contribution in [-0.2, 0) is 20.8 Å². The van der Waals surface area contributed by atoms with Gasteiger partial charge in [0.2, 0.25) is 11.4 Å². The van der Waals surface area contributed by atoms with Crippen LogP contribution in [0.1, 0.15) is 22.7 Å². The van der Waals surface area contributed by atoms with Gasteiger partial charge in [-0.25, -0.2) is 0 Å². The molecule has 1 aliphatic carbocycles. The van der Waals surface area contributed by atoms with Crippen LogP contribution >= 0.6 is 11.6 Å². The molecule has 1 fully saturated rings. The van der Waals surface area contributed by atoms with Crippen molar-refractivity contribution < 1.29 is 42.4 Å². The van der Waals surface area contributed by atoms with Gasteiger partial charge in [0.25, 0.3) is 0 Å². The van der Waals surface area contributed by atoms with Crippen molar-refractivity contribution in [2.75, 3.05) is 0 Å². The normalized spacial score (nSPS) is 27.2. The van der Waals surface area contributed by atoms with Gasteiger partial charge in [0, 0.05) is 17.8 Å². The number of rotatable bonds is 4. The van der Waals surface area contributed by atoms with E-state index in [0.29, 0.717) is 5.56 Å². The number of fused-ring (bicyclic) bond motifs is 4. The maximum atomic E-state index is 14.0. The van der Waals surface area contributed by atoms with Gasteiger partial charge < -0.3 is 19.7 Å². The average molecular weight is 506 g/mol. The monoisotopic (exact) mass is 505 g/mol. The maximum absolute atomic E-state index is 14.0. The summed E-state index contributed by atoms with van der Waals surface area (Å²) >= 11 is 6.05. The van der Waals surface area contributed by atoms with E-state index in [-0.39, 0.29) is 22.0 Å². The number of ketones is 1. The van der Waals surface area contributed by atoms with Crippen molar-refractivity contribution in [3.8, 4) is 11.5 Å². The number of hydrogen-bond donors (Lipinski definition) is 2. The molecule has 2 unspecified atom stereocenters. The number of aliphatic carboxylic acids is 1. The number of nitrogens with zero attached hydrogens (tertiary/aromatic N) is 1. The highest BCUT2D eigenvalue weighted by molar-refractivity contribution is 6.30. The highest BCUT2D eigenvalue weighted by atomic mass is 35.5. The van der Waals surface area contributed by atoms with Gasteiger partial charge in [-0.3, -0.25) is 14.6 Å². The third kappa shape index (κ3) is 3.35. The van der Waals surface area contributed by atoms with Gasteiger partial charge in [0.05, 0.1) is 10.9 Å². The van der Waals surface area contributed by atoms with Crippen molar-refractivity contribution in [2.45, 2.75) is 23.5 Å². The fraction of sp³-hybridized carbons (Fsp3) is 0.208. The minimum atomic E-state index is -4.94. The summed E-state index contributed by atoms with van der Waals surface area (Å²) in [6, 6.07) is 13.7. The standard InChI is InChI=1S/C24H15ClF3NO6/c25-14-10-16-19(29-11-14)22(33)18(20(30)31)17(12-4-2-1-3-5-12)23(35-16,21(22)32)13-6-8-15(9-7-13)34-24(26,27)28/h1-11,17-18,33H,(H,30,31)/t17?,18-,22-,23?/m1/s1. The molecule has 2 N–H and O–H groups in total. The molecule has 2 aromatic carbocycles. The van der Waals surface area contributed by atoms with Crippen molar-refractivity contribution >= 4 is 23.4 Å². The Morgan fingerprint density at radius 2 is 1.77 bits per heavy atom. The smallest absolute Gasteiger partial charge is 0.481 e. The van der Waals surface area contributed by atoms with Crippen LogP contribution in [0.15, 0.2) is 66.9 Å². The Morgan fingerprint density at radius 3 is 2.37 bits per heavy atom. The van der Waals surface area contributed by atoms with Crippen molar-refractivity contribution in [1.82, 2.24) is 4.98 Å². The Bertz CT molecular complexity index is 1330. The molecule has 7 nitrogen and oxygen atoms in total. The number of benzene rings is 2. The Labute approximate surface area is 200 Å². The summed E-state index contributed by atoms with van der Waals surface area (Å²) in [5, 5.41) is 22.1. The summed E-state index contributed by atoms with van der Waals surface area (Å²) in [5.74, 6) is -6.16. The number of alkyl halides is 3. The van der Waals surface area contributed by atoms with Crippen LogP contribution in [0.2, 0.25) is 5.02 Å². The lowest BCUT2D eigenvalue weighted by Gasteiger charge is -2.38. The summed E-state index contributed by atoms with van der Waals surface area (Å²) in [5.41, 5.74) is -4.64. The lowest BCUT2D eigenvalue weighted by Crippen LogP contribution is -2.51. The lowest BCUT2D eigenvalue weighted by atomic mass is 9.75. The summed E-state index contributed by atoms with van der Waals surface area (Å²) in [7, 11) is 0. The molecule has 0 saturated heterocycles. The van der Waals surface area contributed by atoms with E-state index in [9.17, 15) is 33.0 Å². The molecule has 3 aromatic rings. The first-order valence-corrected chi connectivity index (χ1v) is 10.6. The summed E-state index contributed by atoms with van der Waals surface area (Å²) < 4.78 is 48.1. The van der Waals surface area contributed by atoms with Crippen molar-refractivity contribution in [3.63, 3.8) is 0 Å². The van der Waals surface area contributed by atoms with Crippen LogP contribution < -0.4 is 9.47 Å². The van der Waals surface area contributed by atoms with Gasteiger partial charge in [0.1, 0.15) is 23.1 Å². The van der Waals surface area contributed by atoms with Crippen LogP contribution in [0, 0.1) is 5.92 Å². The van der Waals surface area contributed by atoms with E-state index in [1.807, 2.05) is 0 Å². The quantitative estimate of drug-likeness (QED) is 0.548. The second-order valence-corrected chi connectivity index (χ2v) is 8.65. The van der Waals surface area contributed by atoms with Crippen LogP contribution in [-0.4, -0.2) is 33.3 Å². The molecule has 0 radical (unpaired) electrons. The first-order chi connectivity index (χ1) is 16.5. The van der Waals surface area contributed by atoms with Gasteiger partial charge in [-0.1, -0.05) is 54.1 Å². The Hall–Kier alpha value is -3.63. The van der Waals surface area contributed by atoms with Gasteiger partial charge in [-0.05, 0) is 17.7 Å². The van der Waals surface area contributed by atoms with Gasteiger partial charge in [-0.15, -0.1) is 13.2 Å². The zero-order chi connectivity index (χ0) is 25.2. The number of carbonyl (C=O) groups is 2. The predicted molar refractivity (Wildman–Crippen MR) is 114 cm³/mol. The number of aliphatic hydroxyl groups is 1. The number of carboxylic acid groups (broad SMARTS) is 1. The molecule has 2 heterocycles. The molecule has 35 heavy (non-hydrogen) atoms. The van der Waals surface area contributed by atoms with E-state index in [1.54, 1.807) is 30.3 Å². The molecule has 2 bridgehead atoms. The van der Waals surface area contributed by atoms with E-state index in [0.717, 1.165) is 18.3 Å². The molecule has 1 saturated carbocycles. The molecular weight excluding hydrogens is 491 g/mol. The SMILES string of the molecule is O=C(O)[C@H]1C(c2ccccc2)C2(c3ccc(OC(F)(F)F)cc3)Oc3cc(Cl)cnc3[C@@]1(O)C2=O. The highest BCUT2D eigenvalue weighted by Gasteiger charge is 2.76. The van der Waals surface area contributed by atoms with Crippen LogP contribution in [0.4, 0.5) is 13.2 Å². The van der Waals surface area contributed by atoms with E-state index < -0.39 is 46.9 Å². The molecule has 2 aliphatic rings. The number of aromatic nitrogens is 1. The third-order valence-corrected chi connectivity index (χ3v) is 6.50. The molecule has 1 aliphatic heterocycles. The van der Waals surface area contributed by atoms with Crippen molar-refractivity contribution in [3.05, 3.63) is 88.7 Å². The van der Waals surface area contributed by atoms with Gasteiger partial charge >= 0.3 is 12.3 Å². The number of pyridine rings is 1. The van der Waals surface area contributed by atoms with Crippen molar-refractivity contribution in [1.29, 1.82) is 0 Å². The zero-order valence-electron chi connectivity index (χ0n) is 17.5. The van der Waals surface area contributed by atoms with E-state index in [1.165, 1.54) is 18.2 Å². The third-order valence-electron chi connectivity index (χ3n) is 6.30. The minimum absolute atomic E-state index is 0.0266. The molecular formula is C24H15ClF3NO6. The van der Waals surface area contributed by atoms with E-state index >= 15 is 0 Å². The molecule has 11 heteroatoms. The van der Waals surface area contributed by atoms with E-state index in [2.05, 4.69) is 9.72 Å². The predicted octanol–water partition coefficient (Wildman–Crippen LogP) is 4.18. The van der Waals surface area contributed by atoms with Crippen LogP contribution in [0.5, 0.6) is 11.5 Å². The zero-order valence-corrected chi connectivity index (χ0v) is 18.2. The van der Waals surface area contributed by atoms with E-state index in [4.69, 9.17) is 16.3 Å². The summed E-state index contributed by atoms with van der Waals surface area (Å²) in [4.78, 5) is 30.6. The molecule has 0 spiro atoms. The number of hydrogen-bond acceptors (Lipinski definition) is 6. The maximum Gasteiger partial charge on any atom is 0.573 e. The average Bonchev–Trinajstić information content (AvgIpc) is 2.92. The fourth-order valence-corrected chi connectivity index (χ4v) is 5.19. The Morgan fingerprint density at radius 1 is 1.11 bits per heavy atom. The summed E-state index contributed by atoms with van der Waals surface area (Å²) in [6.45, 7) is 0. The minimum Gasteiger partial charge on any atom is -0.481 e. The Balaban J connectivity index is 1.79. The number of Topliss-reactive ketones (excluding diaryl/α,β-unsaturated/α-hetero) is 1. The van der Waals surface area contributed by atoms with Gasteiger partial charge in [0.15, 0.2) is 5.60 Å².